The van der Waals surface area contributed by atoms with Crippen molar-refractivity contribution >= 4 is 16.7 Å². The topological polar surface area (TPSA) is 87.2 Å². The first kappa shape index (κ1) is 6.71. The average molecular weight is 163 g/mol. The van der Waals surface area contributed by atoms with E-state index >= 15 is 0 Å². The number of hydrogen-bond donors (Lipinski definition) is 2. The fraction of sp³-hybridized carbons (Fsp3) is 0. The predicted octanol–water partition coefficient (Wildman–Crippen LogP) is 1.33. The molecule has 0 amide bonds. The molecule has 12 heavy (non-hydrogen) atoms. The summed E-state index contributed by atoms with van der Waals surface area (Å²) in [7, 11) is 0. The molecule has 6 nitrogen and oxygen atoms in total. The van der Waals surface area contributed by atoms with Crippen LogP contribution in [0.4, 0.5) is 5.69 Å². The Hall–Kier alpha value is -1.98. The maximum Gasteiger partial charge on any atom is 0.158 e. The van der Waals surface area contributed by atoms with E-state index in [2.05, 4.69) is 15.4 Å². The van der Waals surface area contributed by atoms with Crippen molar-refractivity contribution in [3.8, 4) is 0 Å². The maximum absolute atomic E-state index is 9.12. The molecule has 0 bridgehead atoms. The number of nitrogens with zero attached hydrogens (tertiary/aromatic N) is 4. The predicted molar refractivity (Wildman–Crippen MR) is 39.5 cm³/mol. The molecule has 0 saturated heterocycles. The van der Waals surface area contributed by atoms with Gasteiger partial charge in [-0.25, -0.2) is 5.53 Å². The van der Waals surface area contributed by atoms with E-state index in [-0.39, 0.29) is 0 Å². The van der Waals surface area contributed by atoms with Crippen LogP contribution in [0.3, 0.4) is 0 Å². The number of fused-ring (bicyclic) bond motifs is 1. The SMILES string of the molecule is N=Nc1cccc2nnn(O)c12. The molecule has 1 heterocycles. The summed E-state index contributed by atoms with van der Waals surface area (Å²) < 4.78 is 0. The van der Waals surface area contributed by atoms with Gasteiger partial charge in [0.25, 0.3) is 0 Å². The number of para-hydroxylation sites is 1. The molecular formula is C6H5N5O. The van der Waals surface area contributed by atoms with Gasteiger partial charge in [0.2, 0.25) is 0 Å². The van der Waals surface area contributed by atoms with Gasteiger partial charge in [0, 0.05) is 0 Å². The maximum atomic E-state index is 9.12. The lowest BCUT2D eigenvalue weighted by molar-refractivity contribution is 0.155. The van der Waals surface area contributed by atoms with Crippen LogP contribution in [0.5, 0.6) is 0 Å². The molecule has 0 radical (unpaired) electrons. The highest BCUT2D eigenvalue weighted by atomic mass is 16.5. The lowest BCUT2D eigenvalue weighted by Crippen LogP contribution is -1.91. The molecule has 60 valence electrons. The van der Waals surface area contributed by atoms with Crippen molar-refractivity contribution in [1.82, 2.24) is 15.2 Å². The van der Waals surface area contributed by atoms with Crippen LogP contribution in [0.25, 0.3) is 11.0 Å². The summed E-state index contributed by atoms with van der Waals surface area (Å²) in [5.41, 5.74) is 8.03. The van der Waals surface area contributed by atoms with Crippen molar-refractivity contribution in [1.29, 1.82) is 5.53 Å². The third-order valence-corrected chi connectivity index (χ3v) is 1.55. The van der Waals surface area contributed by atoms with Gasteiger partial charge in [-0.2, -0.15) is 5.11 Å². The molecule has 0 aliphatic heterocycles. The molecule has 0 unspecified atom stereocenters. The first-order chi connectivity index (χ1) is 5.83. The molecule has 6 heteroatoms. The van der Waals surface area contributed by atoms with Gasteiger partial charge in [-0.1, -0.05) is 10.9 Å². The Labute approximate surface area is 66.9 Å². The fourth-order valence-corrected chi connectivity index (χ4v) is 1.03. The Kier molecular flexibility index (Phi) is 1.26. The summed E-state index contributed by atoms with van der Waals surface area (Å²) in [5, 5.41) is 19.4. The highest BCUT2D eigenvalue weighted by Crippen LogP contribution is 2.22. The molecule has 0 fully saturated rings. The number of benzene rings is 1. The normalized spacial score (nSPS) is 10.3. The summed E-state index contributed by atoms with van der Waals surface area (Å²) in [6, 6.07) is 4.99. The van der Waals surface area contributed by atoms with Gasteiger partial charge in [-0.05, 0) is 17.3 Å². The van der Waals surface area contributed by atoms with Gasteiger partial charge >= 0.3 is 0 Å². The standard InChI is InChI=1S/C6H5N5O/c7-8-4-2-1-3-5-6(4)11(12)10-9-5/h1-3,7,12H. The quantitative estimate of drug-likeness (QED) is 0.491. The van der Waals surface area contributed by atoms with Crippen LogP contribution in [0, 0.1) is 5.53 Å². The molecule has 0 aliphatic rings. The summed E-state index contributed by atoms with van der Waals surface area (Å²) in [5.74, 6) is 0. The zero-order valence-electron chi connectivity index (χ0n) is 5.97. The van der Waals surface area contributed by atoms with Crippen LogP contribution in [0.15, 0.2) is 23.3 Å². The summed E-state index contributed by atoms with van der Waals surface area (Å²) in [4.78, 5) is 0.614. The lowest BCUT2D eigenvalue weighted by Gasteiger charge is -1.92. The molecule has 2 rings (SSSR count). The Balaban J connectivity index is 2.93. The third kappa shape index (κ3) is 0.746. The van der Waals surface area contributed by atoms with E-state index in [9.17, 15) is 0 Å². The Morgan fingerprint density at radius 2 is 2.33 bits per heavy atom. The van der Waals surface area contributed by atoms with Gasteiger partial charge in [0.1, 0.15) is 11.2 Å². The number of nitrogens with one attached hydrogen (secondary N) is 1. The highest BCUT2D eigenvalue weighted by molar-refractivity contribution is 5.85. The van der Waals surface area contributed by atoms with Gasteiger partial charge in [-0.15, -0.1) is 5.10 Å². The minimum atomic E-state index is 0.347. The molecule has 0 saturated carbocycles. The second-order valence-electron chi connectivity index (χ2n) is 2.24. The average Bonchev–Trinajstić information content (AvgIpc) is 2.48. The third-order valence-electron chi connectivity index (χ3n) is 1.55. The van der Waals surface area contributed by atoms with Crippen LogP contribution in [-0.4, -0.2) is 20.4 Å². The van der Waals surface area contributed by atoms with Gasteiger partial charge in [-0.3, -0.25) is 0 Å². The van der Waals surface area contributed by atoms with Crippen LogP contribution in [0.2, 0.25) is 0 Å². The summed E-state index contributed by atoms with van der Waals surface area (Å²) >= 11 is 0. The Morgan fingerprint density at radius 1 is 1.50 bits per heavy atom. The van der Waals surface area contributed by atoms with E-state index < -0.39 is 0 Å². The molecule has 0 spiro atoms. The first-order valence-corrected chi connectivity index (χ1v) is 3.24. The van der Waals surface area contributed by atoms with E-state index in [0.29, 0.717) is 21.6 Å². The smallest absolute Gasteiger partial charge is 0.158 e. The number of aromatic nitrogens is 3. The van der Waals surface area contributed by atoms with Crippen LogP contribution in [-0.2, 0) is 0 Å². The van der Waals surface area contributed by atoms with Crippen LogP contribution >= 0.6 is 0 Å². The van der Waals surface area contributed by atoms with Crippen molar-refractivity contribution in [2.24, 2.45) is 5.11 Å². The highest BCUT2D eigenvalue weighted by Gasteiger charge is 2.06. The summed E-state index contributed by atoms with van der Waals surface area (Å²) in [6.07, 6.45) is 0. The van der Waals surface area contributed by atoms with E-state index in [1.165, 1.54) is 0 Å². The second kappa shape index (κ2) is 2.26. The molecule has 2 aromatic rings. The molecule has 0 aliphatic carbocycles. The molecular weight excluding hydrogens is 158 g/mol. The fourth-order valence-electron chi connectivity index (χ4n) is 1.03. The second-order valence-corrected chi connectivity index (χ2v) is 2.24. The van der Waals surface area contributed by atoms with Crippen LogP contribution in [0.1, 0.15) is 0 Å². The zero-order chi connectivity index (χ0) is 8.55. The molecule has 1 aromatic heterocycles. The minimum absolute atomic E-state index is 0.347. The van der Waals surface area contributed by atoms with E-state index in [4.69, 9.17) is 10.7 Å². The Morgan fingerprint density at radius 3 is 3.08 bits per heavy atom. The minimum Gasteiger partial charge on any atom is -0.410 e. The monoisotopic (exact) mass is 163 g/mol. The van der Waals surface area contributed by atoms with Crippen molar-refractivity contribution < 1.29 is 5.21 Å². The van der Waals surface area contributed by atoms with Gasteiger partial charge < -0.3 is 5.21 Å². The lowest BCUT2D eigenvalue weighted by atomic mass is 10.3. The van der Waals surface area contributed by atoms with E-state index in [0.717, 1.165) is 0 Å². The van der Waals surface area contributed by atoms with Crippen molar-refractivity contribution in [2.75, 3.05) is 0 Å². The zero-order valence-corrected chi connectivity index (χ0v) is 5.97. The first-order valence-electron chi connectivity index (χ1n) is 3.24. The van der Waals surface area contributed by atoms with Gasteiger partial charge in [0.15, 0.2) is 5.52 Å². The van der Waals surface area contributed by atoms with Crippen molar-refractivity contribution in [3.05, 3.63) is 18.2 Å². The molecule has 0 atom stereocenters. The van der Waals surface area contributed by atoms with Crippen LogP contribution < -0.4 is 0 Å². The number of rotatable bonds is 1. The van der Waals surface area contributed by atoms with Crippen molar-refractivity contribution in [2.45, 2.75) is 0 Å². The largest absolute Gasteiger partial charge is 0.410 e. The van der Waals surface area contributed by atoms with E-state index in [1.54, 1.807) is 18.2 Å². The Bertz CT molecular complexity index is 434. The van der Waals surface area contributed by atoms with Crippen molar-refractivity contribution in [3.63, 3.8) is 0 Å². The summed E-state index contributed by atoms with van der Waals surface area (Å²) in [6.45, 7) is 0. The van der Waals surface area contributed by atoms with Gasteiger partial charge in [0.05, 0.1) is 0 Å². The molecule has 2 N–H and O–H groups in total. The number of hydrogen-bond acceptors (Lipinski definition) is 5. The van der Waals surface area contributed by atoms with E-state index in [1.807, 2.05) is 0 Å². The molecule has 1 aromatic carbocycles.